The molecule has 0 aromatic carbocycles. The lowest BCUT2D eigenvalue weighted by molar-refractivity contribution is -0.125. The standard InChI is InChI=1S/C11H14N4O2/c1-7-2-3-8(15-14-7)6-12-11(17)9-4-5-10(16)13-9/h2-3,9H,4-6H2,1H3,(H,12,17)(H,13,16). The third-order valence-electron chi connectivity index (χ3n) is 2.61. The Hall–Kier alpha value is -1.98. The number of aromatic nitrogens is 2. The summed E-state index contributed by atoms with van der Waals surface area (Å²) in [7, 11) is 0. The van der Waals surface area contributed by atoms with Crippen LogP contribution in [0.2, 0.25) is 0 Å². The van der Waals surface area contributed by atoms with E-state index in [-0.39, 0.29) is 11.8 Å². The topological polar surface area (TPSA) is 84.0 Å². The molecule has 2 heterocycles. The van der Waals surface area contributed by atoms with Crippen LogP contribution < -0.4 is 10.6 Å². The first-order chi connectivity index (χ1) is 8.15. The number of rotatable bonds is 3. The van der Waals surface area contributed by atoms with Crippen molar-refractivity contribution < 1.29 is 9.59 Å². The van der Waals surface area contributed by atoms with E-state index in [4.69, 9.17) is 0 Å². The molecule has 1 fully saturated rings. The Morgan fingerprint density at radius 3 is 2.94 bits per heavy atom. The van der Waals surface area contributed by atoms with Gasteiger partial charge in [0.25, 0.3) is 0 Å². The molecule has 2 N–H and O–H groups in total. The summed E-state index contributed by atoms with van der Waals surface area (Å²) in [6, 6.07) is 3.25. The van der Waals surface area contributed by atoms with Crippen LogP contribution in [0.4, 0.5) is 0 Å². The minimum atomic E-state index is -0.402. The molecule has 1 aromatic rings. The zero-order valence-electron chi connectivity index (χ0n) is 9.56. The van der Waals surface area contributed by atoms with E-state index < -0.39 is 6.04 Å². The summed E-state index contributed by atoms with van der Waals surface area (Å²) in [5, 5.41) is 13.2. The Morgan fingerprint density at radius 2 is 2.35 bits per heavy atom. The fourth-order valence-corrected chi connectivity index (χ4v) is 1.63. The Balaban J connectivity index is 1.84. The van der Waals surface area contributed by atoms with Crippen LogP contribution >= 0.6 is 0 Å². The second kappa shape index (κ2) is 4.90. The predicted molar refractivity (Wildman–Crippen MR) is 59.8 cm³/mol. The molecular formula is C11H14N4O2. The number of amides is 2. The van der Waals surface area contributed by atoms with Crippen LogP contribution in [-0.4, -0.2) is 28.1 Å². The smallest absolute Gasteiger partial charge is 0.242 e. The number of nitrogens with one attached hydrogen (secondary N) is 2. The maximum Gasteiger partial charge on any atom is 0.242 e. The third-order valence-corrected chi connectivity index (χ3v) is 2.61. The SMILES string of the molecule is Cc1ccc(CNC(=O)C2CCC(=O)N2)nn1. The first kappa shape index (κ1) is 11.5. The van der Waals surface area contributed by atoms with Gasteiger partial charge in [-0.1, -0.05) is 0 Å². The second-order valence-corrected chi connectivity index (χ2v) is 4.04. The molecule has 1 saturated heterocycles. The fourth-order valence-electron chi connectivity index (χ4n) is 1.63. The van der Waals surface area contributed by atoms with Gasteiger partial charge in [0.2, 0.25) is 11.8 Å². The molecule has 2 rings (SSSR count). The van der Waals surface area contributed by atoms with Gasteiger partial charge in [-0.2, -0.15) is 10.2 Å². The number of carbonyl (C=O) groups is 2. The molecule has 0 aliphatic carbocycles. The molecule has 6 heteroatoms. The predicted octanol–water partition coefficient (Wildman–Crippen LogP) is -0.320. The molecule has 1 aliphatic rings. The summed E-state index contributed by atoms with van der Waals surface area (Å²) in [6.45, 7) is 2.18. The first-order valence-corrected chi connectivity index (χ1v) is 5.51. The summed E-state index contributed by atoms with van der Waals surface area (Å²) in [5.74, 6) is -0.237. The molecule has 6 nitrogen and oxygen atoms in total. The highest BCUT2D eigenvalue weighted by Crippen LogP contribution is 2.06. The lowest BCUT2D eigenvalue weighted by atomic mass is 10.2. The van der Waals surface area contributed by atoms with Gasteiger partial charge in [-0.15, -0.1) is 0 Å². The minimum absolute atomic E-state index is 0.0692. The summed E-state index contributed by atoms with van der Waals surface area (Å²) >= 11 is 0. The number of hydrogen-bond donors (Lipinski definition) is 2. The number of carbonyl (C=O) groups excluding carboxylic acids is 2. The van der Waals surface area contributed by atoms with E-state index in [9.17, 15) is 9.59 Å². The average Bonchev–Trinajstić information content (AvgIpc) is 2.75. The van der Waals surface area contributed by atoms with Crippen molar-refractivity contribution in [2.24, 2.45) is 0 Å². The second-order valence-electron chi connectivity index (χ2n) is 4.04. The maximum absolute atomic E-state index is 11.7. The summed E-state index contributed by atoms with van der Waals surface area (Å²) in [6.07, 6.45) is 0.979. The monoisotopic (exact) mass is 234 g/mol. The van der Waals surface area contributed by atoms with Gasteiger partial charge < -0.3 is 10.6 Å². The Bertz CT molecular complexity index is 430. The van der Waals surface area contributed by atoms with E-state index in [1.54, 1.807) is 0 Å². The van der Waals surface area contributed by atoms with Crippen molar-refractivity contribution in [1.82, 2.24) is 20.8 Å². The van der Waals surface area contributed by atoms with Crippen molar-refractivity contribution in [3.05, 3.63) is 23.5 Å². The van der Waals surface area contributed by atoms with E-state index in [1.165, 1.54) is 0 Å². The lowest BCUT2D eigenvalue weighted by Crippen LogP contribution is -2.41. The maximum atomic E-state index is 11.7. The van der Waals surface area contributed by atoms with Gasteiger partial charge in [0.05, 0.1) is 17.9 Å². The van der Waals surface area contributed by atoms with Crippen LogP contribution in [-0.2, 0) is 16.1 Å². The van der Waals surface area contributed by atoms with Crippen LogP contribution in [0.1, 0.15) is 24.2 Å². The summed E-state index contributed by atoms with van der Waals surface area (Å²) in [4.78, 5) is 22.6. The van der Waals surface area contributed by atoms with Crippen molar-refractivity contribution in [3.63, 3.8) is 0 Å². The third kappa shape index (κ3) is 2.99. The molecule has 1 aromatic heterocycles. The molecular weight excluding hydrogens is 220 g/mol. The molecule has 2 amide bonds. The molecule has 1 atom stereocenters. The van der Waals surface area contributed by atoms with Crippen molar-refractivity contribution in [1.29, 1.82) is 0 Å². The Kier molecular flexibility index (Phi) is 3.32. The largest absolute Gasteiger partial charge is 0.349 e. The van der Waals surface area contributed by atoms with Gasteiger partial charge in [0.15, 0.2) is 0 Å². The molecule has 0 radical (unpaired) electrons. The van der Waals surface area contributed by atoms with Crippen molar-refractivity contribution in [2.75, 3.05) is 0 Å². The normalized spacial score (nSPS) is 18.9. The zero-order valence-corrected chi connectivity index (χ0v) is 9.56. The highest BCUT2D eigenvalue weighted by atomic mass is 16.2. The van der Waals surface area contributed by atoms with E-state index in [2.05, 4.69) is 20.8 Å². The van der Waals surface area contributed by atoms with E-state index >= 15 is 0 Å². The minimum Gasteiger partial charge on any atom is -0.349 e. The van der Waals surface area contributed by atoms with Gasteiger partial charge in [-0.25, -0.2) is 0 Å². The summed E-state index contributed by atoms with van der Waals surface area (Å²) < 4.78 is 0. The number of hydrogen-bond acceptors (Lipinski definition) is 4. The Labute approximate surface area is 98.8 Å². The van der Waals surface area contributed by atoms with Crippen molar-refractivity contribution in [3.8, 4) is 0 Å². The van der Waals surface area contributed by atoms with Gasteiger partial charge in [0.1, 0.15) is 6.04 Å². The first-order valence-electron chi connectivity index (χ1n) is 5.51. The van der Waals surface area contributed by atoms with Crippen LogP contribution in [0.3, 0.4) is 0 Å². The highest BCUT2D eigenvalue weighted by Gasteiger charge is 2.26. The van der Waals surface area contributed by atoms with Crippen LogP contribution in [0.25, 0.3) is 0 Å². The number of aryl methyl sites for hydroxylation is 1. The quantitative estimate of drug-likeness (QED) is 0.750. The molecule has 1 aliphatic heterocycles. The molecule has 0 bridgehead atoms. The van der Waals surface area contributed by atoms with E-state index in [1.807, 2.05) is 19.1 Å². The van der Waals surface area contributed by atoms with Gasteiger partial charge >= 0.3 is 0 Å². The van der Waals surface area contributed by atoms with Crippen LogP contribution in [0, 0.1) is 6.92 Å². The fraction of sp³-hybridized carbons (Fsp3) is 0.455. The lowest BCUT2D eigenvalue weighted by Gasteiger charge is -2.10. The molecule has 17 heavy (non-hydrogen) atoms. The van der Waals surface area contributed by atoms with E-state index in [0.29, 0.717) is 25.1 Å². The van der Waals surface area contributed by atoms with Crippen molar-refractivity contribution >= 4 is 11.8 Å². The van der Waals surface area contributed by atoms with Gasteiger partial charge in [-0.05, 0) is 25.5 Å². The molecule has 1 unspecified atom stereocenters. The van der Waals surface area contributed by atoms with E-state index in [0.717, 1.165) is 5.69 Å². The molecule has 0 saturated carbocycles. The zero-order chi connectivity index (χ0) is 12.3. The van der Waals surface area contributed by atoms with Crippen LogP contribution in [0.15, 0.2) is 12.1 Å². The summed E-state index contributed by atoms with van der Waals surface area (Å²) in [5.41, 5.74) is 1.54. The number of nitrogens with zero attached hydrogens (tertiary/aromatic N) is 2. The average molecular weight is 234 g/mol. The van der Waals surface area contributed by atoms with Gasteiger partial charge in [-0.3, -0.25) is 9.59 Å². The van der Waals surface area contributed by atoms with Gasteiger partial charge in [0, 0.05) is 6.42 Å². The van der Waals surface area contributed by atoms with Crippen molar-refractivity contribution in [2.45, 2.75) is 32.4 Å². The highest BCUT2D eigenvalue weighted by molar-refractivity contribution is 5.90. The van der Waals surface area contributed by atoms with Crippen LogP contribution in [0.5, 0.6) is 0 Å². The molecule has 90 valence electrons. The molecule has 0 spiro atoms. The Morgan fingerprint density at radius 1 is 1.53 bits per heavy atom.